The van der Waals surface area contributed by atoms with E-state index in [9.17, 15) is 8.78 Å². The van der Waals surface area contributed by atoms with E-state index in [0.717, 1.165) is 6.20 Å². The summed E-state index contributed by atoms with van der Waals surface area (Å²) < 4.78 is 26.5. The van der Waals surface area contributed by atoms with E-state index in [2.05, 4.69) is 11.5 Å². The topological polar surface area (TPSA) is 17.8 Å². The van der Waals surface area contributed by atoms with Crippen molar-refractivity contribution >= 4 is 0 Å². The van der Waals surface area contributed by atoms with Crippen molar-refractivity contribution in [2.24, 2.45) is 7.05 Å². The average Bonchev–Trinajstić information content (AvgIpc) is 2.36. The summed E-state index contributed by atoms with van der Waals surface area (Å²) in [6.45, 7) is 0. The number of aryl methyl sites for hydroxylation is 1. The molecule has 0 unspecified atom stereocenters. The zero-order chi connectivity index (χ0) is 8.48. The molecule has 0 aliphatic rings. The van der Waals surface area contributed by atoms with Crippen molar-refractivity contribution in [2.45, 2.75) is 5.92 Å². The number of nitrogens with zero attached hydrogens (tertiary/aromatic N) is 2. The first-order valence-electron chi connectivity index (χ1n) is 2.91. The first-order valence-corrected chi connectivity index (χ1v) is 2.91. The smallest absolute Gasteiger partial charge is 0.275 e. The Hall–Kier alpha value is -1.37. The van der Waals surface area contributed by atoms with Crippen LogP contribution >= 0.6 is 0 Å². The number of halogens is 2. The van der Waals surface area contributed by atoms with Crippen LogP contribution in [0.4, 0.5) is 8.78 Å². The Kier molecular flexibility index (Phi) is 1.65. The normalized spacial score (nSPS) is 11.1. The molecule has 2 nitrogen and oxygen atoms in total. The Bertz CT molecular complexity index is 296. The second-order valence-electron chi connectivity index (χ2n) is 2.12. The minimum absolute atomic E-state index is 0.248. The molecule has 0 saturated carbocycles. The van der Waals surface area contributed by atoms with Gasteiger partial charge in [-0.1, -0.05) is 0 Å². The Morgan fingerprint density at radius 2 is 2.36 bits per heavy atom. The molecule has 0 aliphatic heterocycles. The van der Waals surface area contributed by atoms with Crippen LogP contribution < -0.4 is 0 Å². The van der Waals surface area contributed by atoms with Crippen LogP contribution in [0.15, 0.2) is 12.4 Å². The Labute approximate surface area is 62.8 Å². The summed E-state index contributed by atoms with van der Waals surface area (Å²) in [5, 5.41) is 3.57. The molecule has 0 spiro atoms. The summed E-state index contributed by atoms with van der Waals surface area (Å²) in [6, 6.07) is 0. The van der Waals surface area contributed by atoms with Crippen LogP contribution in [-0.4, -0.2) is 9.78 Å². The number of hydrogen-bond acceptors (Lipinski definition) is 1. The molecule has 0 N–H and O–H groups in total. The van der Waals surface area contributed by atoms with Crippen LogP contribution in [0.1, 0.15) is 5.56 Å². The van der Waals surface area contributed by atoms with Gasteiger partial charge >= 0.3 is 5.92 Å². The summed E-state index contributed by atoms with van der Waals surface area (Å²) in [5.74, 6) is -1.82. The van der Waals surface area contributed by atoms with Crippen molar-refractivity contribution in [3.63, 3.8) is 0 Å². The highest BCUT2D eigenvalue weighted by molar-refractivity contribution is 5.21. The van der Waals surface area contributed by atoms with Gasteiger partial charge in [-0.2, -0.15) is 13.9 Å². The summed E-state index contributed by atoms with van der Waals surface area (Å²) in [5.41, 5.74) is -0.248. The molecule has 0 fully saturated rings. The number of aromatic nitrogens is 2. The van der Waals surface area contributed by atoms with Gasteiger partial charge in [0.05, 0.1) is 11.8 Å². The molecule has 1 aromatic heterocycles. The summed E-state index contributed by atoms with van der Waals surface area (Å²) in [4.78, 5) is 0. The van der Waals surface area contributed by atoms with Gasteiger partial charge in [-0.25, -0.2) is 0 Å². The summed E-state index contributed by atoms with van der Waals surface area (Å²) in [6.07, 6.45) is 6.86. The second kappa shape index (κ2) is 2.35. The molecule has 0 aromatic carbocycles. The highest BCUT2D eigenvalue weighted by Crippen LogP contribution is 2.25. The van der Waals surface area contributed by atoms with E-state index in [-0.39, 0.29) is 5.56 Å². The van der Waals surface area contributed by atoms with Crippen molar-refractivity contribution in [3.05, 3.63) is 18.0 Å². The van der Waals surface area contributed by atoms with Gasteiger partial charge in [-0.15, -0.1) is 6.42 Å². The van der Waals surface area contributed by atoms with E-state index in [1.165, 1.54) is 16.8 Å². The molecule has 0 amide bonds. The van der Waals surface area contributed by atoms with Crippen molar-refractivity contribution in [1.29, 1.82) is 0 Å². The predicted octanol–water partition coefficient (Wildman–Crippen LogP) is 1.15. The zero-order valence-electron chi connectivity index (χ0n) is 5.88. The van der Waals surface area contributed by atoms with Crippen molar-refractivity contribution in [3.8, 4) is 12.3 Å². The van der Waals surface area contributed by atoms with Gasteiger partial charge in [-0.3, -0.25) is 4.68 Å². The van der Waals surface area contributed by atoms with Gasteiger partial charge in [0.25, 0.3) is 0 Å². The lowest BCUT2D eigenvalue weighted by atomic mass is 10.2. The molecule has 11 heavy (non-hydrogen) atoms. The van der Waals surface area contributed by atoms with Crippen molar-refractivity contribution in [2.75, 3.05) is 0 Å². The highest BCUT2D eigenvalue weighted by Gasteiger charge is 2.29. The molecule has 1 heterocycles. The van der Waals surface area contributed by atoms with E-state index in [1.807, 2.05) is 0 Å². The standard InChI is InChI=1S/C7H6F2N2/c1-3-7(8,9)6-4-10-11(2)5-6/h1,4-5H,2H3. The highest BCUT2D eigenvalue weighted by atomic mass is 19.3. The molecule has 0 atom stereocenters. The van der Waals surface area contributed by atoms with Crippen molar-refractivity contribution < 1.29 is 8.78 Å². The third-order valence-corrected chi connectivity index (χ3v) is 1.25. The molecule has 0 saturated heterocycles. The third kappa shape index (κ3) is 1.37. The summed E-state index contributed by atoms with van der Waals surface area (Å²) >= 11 is 0. The minimum atomic E-state index is -3.20. The van der Waals surface area contributed by atoms with Gasteiger partial charge in [0.1, 0.15) is 0 Å². The number of rotatable bonds is 1. The fourth-order valence-corrected chi connectivity index (χ4v) is 0.667. The fourth-order valence-electron chi connectivity index (χ4n) is 0.667. The monoisotopic (exact) mass is 156 g/mol. The maximum atomic E-state index is 12.6. The first-order chi connectivity index (χ1) is 5.06. The van der Waals surface area contributed by atoms with E-state index in [4.69, 9.17) is 0 Å². The molecule has 4 heteroatoms. The fraction of sp³-hybridized carbons (Fsp3) is 0.286. The van der Waals surface area contributed by atoms with Crippen LogP contribution in [0.2, 0.25) is 0 Å². The maximum absolute atomic E-state index is 12.6. The van der Waals surface area contributed by atoms with Crippen LogP contribution in [0.3, 0.4) is 0 Å². The lowest BCUT2D eigenvalue weighted by Gasteiger charge is -2.03. The van der Waals surface area contributed by atoms with Gasteiger partial charge in [0, 0.05) is 13.2 Å². The first kappa shape index (κ1) is 7.73. The quantitative estimate of drug-likeness (QED) is 0.557. The molecule has 1 aromatic rings. The van der Waals surface area contributed by atoms with Crippen LogP contribution in [0.5, 0.6) is 0 Å². The van der Waals surface area contributed by atoms with Crippen molar-refractivity contribution in [1.82, 2.24) is 9.78 Å². The maximum Gasteiger partial charge on any atom is 0.336 e. The van der Waals surface area contributed by atoms with E-state index < -0.39 is 5.92 Å². The Balaban J connectivity index is 3.04. The molecule has 0 aliphatic carbocycles. The van der Waals surface area contributed by atoms with Gasteiger partial charge in [-0.05, 0) is 5.92 Å². The Morgan fingerprint density at radius 3 is 2.73 bits per heavy atom. The lowest BCUT2D eigenvalue weighted by Crippen LogP contribution is -2.08. The predicted molar refractivity (Wildman–Crippen MR) is 35.9 cm³/mol. The van der Waals surface area contributed by atoms with E-state index in [0.29, 0.717) is 0 Å². The minimum Gasteiger partial charge on any atom is -0.275 e. The summed E-state index contributed by atoms with van der Waals surface area (Å²) in [7, 11) is 1.55. The zero-order valence-corrected chi connectivity index (χ0v) is 5.88. The molecule has 0 radical (unpaired) electrons. The molecule has 0 bridgehead atoms. The number of hydrogen-bond donors (Lipinski definition) is 0. The van der Waals surface area contributed by atoms with Gasteiger partial charge in [0.15, 0.2) is 0 Å². The van der Waals surface area contributed by atoms with Crippen LogP contribution in [0.25, 0.3) is 0 Å². The van der Waals surface area contributed by atoms with Crippen LogP contribution in [0, 0.1) is 12.3 Å². The van der Waals surface area contributed by atoms with Gasteiger partial charge < -0.3 is 0 Å². The largest absolute Gasteiger partial charge is 0.336 e. The molecular formula is C7H6F2N2. The number of alkyl halides is 2. The average molecular weight is 156 g/mol. The molecule has 1 rings (SSSR count). The molecule has 58 valence electrons. The van der Waals surface area contributed by atoms with E-state index >= 15 is 0 Å². The third-order valence-electron chi connectivity index (χ3n) is 1.25. The molecular weight excluding hydrogens is 150 g/mol. The lowest BCUT2D eigenvalue weighted by molar-refractivity contribution is 0.0640. The second-order valence-corrected chi connectivity index (χ2v) is 2.12. The van der Waals surface area contributed by atoms with Gasteiger partial charge in [0.2, 0.25) is 0 Å². The SMILES string of the molecule is C#CC(F)(F)c1cnn(C)c1. The Morgan fingerprint density at radius 1 is 1.73 bits per heavy atom. The van der Waals surface area contributed by atoms with E-state index in [1.54, 1.807) is 7.05 Å². The van der Waals surface area contributed by atoms with Crippen LogP contribution in [-0.2, 0) is 13.0 Å². The number of terminal acetylenes is 1.